The molecule has 1 N–H and O–H groups in total. The van der Waals surface area contributed by atoms with Crippen LogP contribution in [0.4, 0.5) is 5.69 Å². The largest absolute Gasteiger partial charge is 0.444 e. The van der Waals surface area contributed by atoms with Crippen molar-refractivity contribution in [1.29, 1.82) is 0 Å². The van der Waals surface area contributed by atoms with E-state index in [1.54, 1.807) is 6.07 Å². The summed E-state index contributed by atoms with van der Waals surface area (Å²) in [6.45, 7) is 0. The van der Waals surface area contributed by atoms with Gasteiger partial charge in [-0.05, 0) is 75.4 Å². The maximum atomic E-state index is 11.1. The fraction of sp³-hybridized carbons (Fsp3) is 0. The second kappa shape index (κ2) is 5.45. The van der Waals surface area contributed by atoms with E-state index in [1.807, 2.05) is 0 Å². The number of anilines is 1. The SMILES string of the molecule is O=C1ONN(c2cc(Br)c(Br)c(Br)c2Br)OC1=O. The van der Waals surface area contributed by atoms with Crippen LogP contribution in [0.15, 0.2) is 24.0 Å². The van der Waals surface area contributed by atoms with Gasteiger partial charge in [-0.1, -0.05) is 5.17 Å². The Morgan fingerprint density at radius 3 is 2.28 bits per heavy atom. The molecule has 0 aliphatic carbocycles. The van der Waals surface area contributed by atoms with Gasteiger partial charge in [-0.25, -0.2) is 9.59 Å². The van der Waals surface area contributed by atoms with Crippen molar-refractivity contribution in [1.82, 2.24) is 5.59 Å². The molecule has 1 aliphatic rings. The Morgan fingerprint density at radius 1 is 1.00 bits per heavy atom. The Morgan fingerprint density at radius 2 is 1.67 bits per heavy atom. The number of carbonyl (C=O) groups is 2. The molecular formula is C8H2Br4N2O4. The first-order chi connectivity index (χ1) is 8.41. The zero-order valence-corrected chi connectivity index (χ0v) is 14.5. The molecule has 0 atom stereocenters. The lowest BCUT2D eigenvalue weighted by Gasteiger charge is -2.26. The molecule has 2 rings (SSSR count). The molecule has 1 fully saturated rings. The number of nitrogens with one attached hydrogen (secondary N) is 1. The van der Waals surface area contributed by atoms with Crippen LogP contribution in [0.1, 0.15) is 0 Å². The third-order valence-electron chi connectivity index (χ3n) is 1.86. The summed E-state index contributed by atoms with van der Waals surface area (Å²) in [4.78, 5) is 31.1. The summed E-state index contributed by atoms with van der Waals surface area (Å²) in [5, 5.41) is 0.926. The van der Waals surface area contributed by atoms with Crippen molar-refractivity contribution in [2.75, 3.05) is 5.17 Å². The van der Waals surface area contributed by atoms with Gasteiger partial charge in [0.05, 0.1) is 4.47 Å². The van der Waals surface area contributed by atoms with Gasteiger partial charge in [-0.2, -0.15) is 0 Å². The van der Waals surface area contributed by atoms with Gasteiger partial charge in [0.1, 0.15) is 5.69 Å². The second-order valence-electron chi connectivity index (χ2n) is 2.97. The summed E-state index contributed by atoms with van der Waals surface area (Å²) in [6, 6.07) is 1.65. The van der Waals surface area contributed by atoms with Gasteiger partial charge in [-0.15, -0.1) is 0 Å². The standard InChI is InChI=1S/C8H2Br4N2O4/c9-2-1-3(5(11)6(12)4(2)10)14-13-17-7(15)8(16)18-14/h1,13H. The van der Waals surface area contributed by atoms with Crippen LogP contribution in [-0.2, 0) is 19.3 Å². The summed E-state index contributed by atoms with van der Waals surface area (Å²) in [7, 11) is 0. The van der Waals surface area contributed by atoms with Gasteiger partial charge in [0, 0.05) is 13.4 Å². The molecule has 10 heteroatoms. The minimum atomic E-state index is -1.11. The average molecular weight is 510 g/mol. The van der Waals surface area contributed by atoms with Crippen molar-refractivity contribution in [3.05, 3.63) is 24.0 Å². The lowest BCUT2D eigenvalue weighted by atomic mass is 10.3. The summed E-state index contributed by atoms with van der Waals surface area (Å²) in [5.74, 6) is -2.23. The molecule has 18 heavy (non-hydrogen) atoms. The monoisotopic (exact) mass is 506 g/mol. The number of hydrogen-bond donors (Lipinski definition) is 1. The topological polar surface area (TPSA) is 67.9 Å². The van der Waals surface area contributed by atoms with E-state index in [-0.39, 0.29) is 0 Å². The van der Waals surface area contributed by atoms with Gasteiger partial charge in [0.15, 0.2) is 0 Å². The smallest absolute Gasteiger partial charge is 0.338 e. The number of nitrogens with zero attached hydrogens (tertiary/aromatic N) is 1. The van der Waals surface area contributed by atoms with E-state index in [4.69, 9.17) is 4.84 Å². The van der Waals surface area contributed by atoms with Gasteiger partial charge in [0.2, 0.25) is 0 Å². The fourth-order valence-corrected chi connectivity index (χ4v) is 3.22. The molecule has 1 aliphatic heterocycles. The molecule has 0 spiro atoms. The molecule has 6 nitrogen and oxygen atoms in total. The molecule has 1 aromatic rings. The van der Waals surface area contributed by atoms with Crippen LogP contribution < -0.4 is 10.8 Å². The Balaban J connectivity index is 2.40. The minimum absolute atomic E-state index is 0.429. The van der Waals surface area contributed by atoms with Crippen LogP contribution >= 0.6 is 63.7 Å². The van der Waals surface area contributed by atoms with Gasteiger partial charge < -0.3 is 9.68 Å². The van der Waals surface area contributed by atoms with E-state index >= 15 is 0 Å². The fourth-order valence-electron chi connectivity index (χ4n) is 1.07. The van der Waals surface area contributed by atoms with Gasteiger partial charge in [-0.3, -0.25) is 0 Å². The summed E-state index contributed by atoms with van der Waals surface area (Å²) in [6.07, 6.45) is 0. The number of benzene rings is 1. The second-order valence-corrected chi connectivity index (χ2v) is 6.21. The highest BCUT2D eigenvalue weighted by molar-refractivity contribution is 9.15. The third kappa shape index (κ3) is 2.57. The Kier molecular flexibility index (Phi) is 4.32. The van der Waals surface area contributed by atoms with Crippen LogP contribution in [0.3, 0.4) is 0 Å². The van der Waals surface area contributed by atoms with E-state index in [1.165, 1.54) is 0 Å². The molecule has 0 unspecified atom stereocenters. The highest BCUT2D eigenvalue weighted by atomic mass is 79.9. The molecule has 0 saturated carbocycles. The van der Waals surface area contributed by atoms with Crippen molar-refractivity contribution < 1.29 is 19.3 Å². The molecular weight excluding hydrogens is 508 g/mol. The zero-order valence-electron chi connectivity index (χ0n) is 8.17. The Bertz CT molecular complexity index is 550. The number of rotatable bonds is 1. The van der Waals surface area contributed by atoms with Crippen LogP contribution in [0.5, 0.6) is 0 Å². The summed E-state index contributed by atoms with van der Waals surface area (Å²) < 4.78 is 2.78. The first-order valence-electron chi connectivity index (χ1n) is 4.23. The lowest BCUT2D eigenvalue weighted by Crippen LogP contribution is -2.49. The number of carbonyl (C=O) groups excluding carboxylic acids is 2. The van der Waals surface area contributed by atoms with Crippen molar-refractivity contribution in [3.63, 3.8) is 0 Å². The normalized spacial score (nSPS) is 15.4. The minimum Gasteiger partial charge on any atom is -0.338 e. The van der Waals surface area contributed by atoms with Crippen LogP contribution in [-0.4, -0.2) is 11.9 Å². The Hall–Kier alpha value is -0.160. The molecule has 1 aromatic carbocycles. The number of hydrazine groups is 1. The molecule has 0 amide bonds. The van der Waals surface area contributed by atoms with Crippen molar-refractivity contribution in [2.45, 2.75) is 0 Å². The predicted molar refractivity (Wildman–Crippen MR) is 75.0 cm³/mol. The van der Waals surface area contributed by atoms with E-state index < -0.39 is 11.9 Å². The maximum absolute atomic E-state index is 11.1. The van der Waals surface area contributed by atoms with Crippen LogP contribution in [0.2, 0.25) is 0 Å². The first-order valence-corrected chi connectivity index (χ1v) is 7.41. The van der Waals surface area contributed by atoms with Gasteiger partial charge in [0.25, 0.3) is 0 Å². The van der Waals surface area contributed by atoms with Crippen molar-refractivity contribution >= 4 is 81.3 Å². The molecule has 96 valence electrons. The Labute approximate surface area is 134 Å². The predicted octanol–water partition coefficient (Wildman–Crippen LogP) is 2.98. The average Bonchev–Trinajstić information content (AvgIpc) is 2.35. The zero-order chi connectivity index (χ0) is 13.4. The lowest BCUT2D eigenvalue weighted by molar-refractivity contribution is -0.192. The first kappa shape index (κ1) is 14.3. The van der Waals surface area contributed by atoms with Crippen LogP contribution in [0, 0.1) is 0 Å². The quantitative estimate of drug-likeness (QED) is 0.357. The number of hydrogen-bond acceptors (Lipinski definition) is 6. The summed E-state index contributed by atoms with van der Waals surface area (Å²) in [5.41, 5.74) is 2.61. The van der Waals surface area contributed by atoms with E-state index in [0.717, 1.165) is 9.64 Å². The summed E-state index contributed by atoms with van der Waals surface area (Å²) >= 11 is 13.4. The molecule has 0 bridgehead atoms. The van der Waals surface area contributed by atoms with E-state index in [0.29, 0.717) is 19.1 Å². The van der Waals surface area contributed by atoms with Gasteiger partial charge >= 0.3 is 11.9 Å². The molecule has 1 heterocycles. The third-order valence-corrected chi connectivity index (χ3v) is 6.51. The molecule has 0 aromatic heterocycles. The molecule has 0 radical (unpaired) electrons. The number of halogens is 4. The molecule has 1 saturated heterocycles. The van der Waals surface area contributed by atoms with E-state index in [2.05, 4.69) is 74.1 Å². The highest BCUT2D eigenvalue weighted by Gasteiger charge is 2.31. The van der Waals surface area contributed by atoms with E-state index in [9.17, 15) is 9.59 Å². The maximum Gasteiger partial charge on any atom is 0.444 e. The van der Waals surface area contributed by atoms with Crippen molar-refractivity contribution in [3.8, 4) is 0 Å². The van der Waals surface area contributed by atoms with Crippen molar-refractivity contribution in [2.24, 2.45) is 0 Å². The van der Waals surface area contributed by atoms with Crippen LogP contribution in [0.25, 0.3) is 0 Å². The highest BCUT2D eigenvalue weighted by Crippen LogP contribution is 2.42.